The summed E-state index contributed by atoms with van der Waals surface area (Å²) in [7, 11) is 0. The predicted octanol–water partition coefficient (Wildman–Crippen LogP) is 12.7. The van der Waals surface area contributed by atoms with Gasteiger partial charge in [0.2, 0.25) is 0 Å². The van der Waals surface area contributed by atoms with E-state index in [4.69, 9.17) is 4.98 Å². The van der Waals surface area contributed by atoms with E-state index in [1.165, 1.54) is 82.7 Å². The van der Waals surface area contributed by atoms with E-state index in [2.05, 4.69) is 188 Å². The molecule has 2 aliphatic carbocycles. The molecular weight excluding hydrogens is 615 g/mol. The van der Waals surface area contributed by atoms with Crippen LogP contribution in [0.4, 0.5) is 0 Å². The molecule has 0 bridgehead atoms. The Bertz CT molecular complexity index is 2740. The third kappa shape index (κ3) is 3.83. The minimum absolute atomic E-state index is 0.330. The highest BCUT2D eigenvalue weighted by atomic mass is 14.7. The van der Waals surface area contributed by atoms with Gasteiger partial charge in [0.25, 0.3) is 0 Å². The molecule has 9 aromatic rings. The molecule has 0 atom stereocenters. The average molecular weight is 646 g/mol. The summed E-state index contributed by atoms with van der Waals surface area (Å²) in [6.07, 6.45) is 2.07. The number of hydrogen-bond donors (Lipinski definition) is 0. The van der Waals surface area contributed by atoms with Crippen molar-refractivity contribution in [2.75, 3.05) is 0 Å². The van der Waals surface area contributed by atoms with E-state index >= 15 is 0 Å². The number of pyridine rings is 1. The van der Waals surface area contributed by atoms with Gasteiger partial charge < -0.3 is 0 Å². The van der Waals surface area contributed by atoms with E-state index in [-0.39, 0.29) is 5.41 Å². The van der Waals surface area contributed by atoms with Crippen LogP contribution in [0.3, 0.4) is 0 Å². The van der Waals surface area contributed by atoms with Crippen molar-refractivity contribution in [3.8, 4) is 55.8 Å². The van der Waals surface area contributed by atoms with Gasteiger partial charge in [-0.2, -0.15) is 0 Å². The molecule has 0 fully saturated rings. The Morgan fingerprint density at radius 2 is 0.745 bits per heavy atom. The van der Waals surface area contributed by atoms with Crippen molar-refractivity contribution in [3.63, 3.8) is 0 Å². The van der Waals surface area contributed by atoms with Crippen molar-refractivity contribution in [2.45, 2.75) is 5.41 Å². The minimum atomic E-state index is -0.330. The molecule has 1 heteroatoms. The Labute approximate surface area is 297 Å². The summed E-state index contributed by atoms with van der Waals surface area (Å²) in [4.78, 5) is 5.16. The standard InChI is InChI=1S/C50H31N/c1-2-14-32(15-3-1)48-38-19-4-6-21-40(38)49(41-22-7-5-20-39(41)48)34-27-29-47(51-31-34)33-26-28-46-42(30-33)37-18-10-13-25-45(37)50(46)43-23-11-8-16-35(43)36-17-9-12-24-44(36)50/h1-31H. The minimum Gasteiger partial charge on any atom is -0.256 e. The Morgan fingerprint density at radius 3 is 1.27 bits per heavy atom. The van der Waals surface area contributed by atoms with Crippen molar-refractivity contribution < 1.29 is 0 Å². The molecule has 0 radical (unpaired) electrons. The maximum Gasteiger partial charge on any atom is 0.0725 e. The SMILES string of the molecule is c1ccc(-c2c3ccccc3c(-c3ccc(-c4ccc5c(c4)-c4ccccc4C54c5ccccc5-c5ccccc54)nc3)c3ccccc23)cc1. The van der Waals surface area contributed by atoms with Crippen LogP contribution in [0.15, 0.2) is 188 Å². The summed E-state index contributed by atoms with van der Waals surface area (Å²) >= 11 is 0. The summed E-state index contributed by atoms with van der Waals surface area (Å²) in [5.74, 6) is 0. The molecule has 1 nitrogen and oxygen atoms in total. The van der Waals surface area contributed by atoms with E-state index in [0.29, 0.717) is 0 Å². The lowest BCUT2D eigenvalue weighted by atomic mass is 9.70. The quantitative estimate of drug-likeness (QED) is 0.174. The molecule has 2 aliphatic rings. The van der Waals surface area contributed by atoms with Gasteiger partial charge in [-0.1, -0.05) is 170 Å². The van der Waals surface area contributed by atoms with Crippen LogP contribution in [0.25, 0.3) is 77.3 Å². The largest absolute Gasteiger partial charge is 0.256 e. The third-order valence-electron chi connectivity index (χ3n) is 11.3. The first kappa shape index (κ1) is 28.3. The van der Waals surface area contributed by atoms with Crippen LogP contribution in [0, 0.1) is 0 Å². The summed E-state index contributed by atoms with van der Waals surface area (Å²) in [5, 5.41) is 4.98. The number of rotatable bonds is 3. The van der Waals surface area contributed by atoms with Gasteiger partial charge in [-0.15, -0.1) is 0 Å². The lowest BCUT2D eigenvalue weighted by Crippen LogP contribution is -2.25. The van der Waals surface area contributed by atoms with Crippen molar-refractivity contribution in [1.82, 2.24) is 4.98 Å². The average Bonchev–Trinajstić information content (AvgIpc) is 3.67. The van der Waals surface area contributed by atoms with Crippen LogP contribution >= 0.6 is 0 Å². The fraction of sp³-hybridized carbons (Fsp3) is 0.0200. The van der Waals surface area contributed by atoms with E-state index in [1.807, 2.05) is 0 Å². The van der Waals surface area contributed by atoms with Gasteiger partial charge in [-0.25, -0.2) is 0 Å². The van der Waals surface area contributed by atoms with Gasteiger partial charge in [0.15, 0.2) is 0 Å². The molecule has 1 heterocycles. The van der Waals surface area contributed by atoms with Gasteiger partial charge in [0, 0.05) is 17.3 Å². The molecule has 0 amide bonds. The lowest BCUT2D eigenvalue weighted by Gasteiger charge is -2.30. The highest BCUT2D eigenvalue weighted by molar-refractivity contribution is 6.21. The van der Waals surface area contributed by atoms with Crippen LogP contribution in [-0.2, 0) is 5.41 Å². The number of benzene rings is 8. The first-order valence-electron chi connectivity index (χ1n) is 17.7. The van der Waals surface area contributed by atoms with Crippen molar-refractivity contribution in [2.24, 2.45) is 0 Å². The Hall–Kier alpha value is -6.57. The first-order valence-corrected chi connectivity index (χ1v) is 17.7. The van der Waals surface area contributed by atoms with Gasteiger partial charge >= 0.3 is 0 Å². The molecule has 1 aromatic heterocycles. The van der Waals surface area contributed by atoms with Gasteiger partial charge in [-0.3, -0.25) is 4.98 Å². The smallest absolute Gasteiger partial charge is 0.0725 e. The molecular formula is C50H31N. The van der Waals surface area contributed by atoms with Crippen molar-refractivity contribution >= 4 is 21.5 Å². The summed E-state index contributed by atoms with van der Waals surface area (Å²) in [6, 6.07) is 66.7. The van der Waals surface area contributed by atoms with Crippen LogP contribution in [-0.4, -0.2) is 4.98 Å². The Balaban J connectivity index is 1.07. The molecule has 236 valence electrons. The topological polar surface area (TPSA) is 12.9 Å². The fourth-order valence-corrected chi connectivity index (χ4v) is 9.33. The fourth-order valence-electron chi connectivity index (χ4n) is 9.33. The second-order valence-corrected chi connectivity index (χ2v) is 13.8. The Morgan fingerprint density at radius 1 is 0.314 bits per heavy atom. The molecule has 1 spiro atoms. The van der Waals surface area contributed by atoms with Gasteiger partial charge in [0.1, 0.15) is 0 Å². The monoisotopic (exact) mass is 645 g/mol. The van der Waals surface area contributed by atoms with Gasteiger partial charge in [0.05, 0.1) is 11.1 Å². The summed E-state index contributed by atoms with van der Waals surface area (Å²) < 4.78 is 0. The molecule has 51 heavy (non-hydrogen) atoms. The molecule has 8 aromatic carbocycles. The molecule has 0 aliphatic heterocycles. The van der Waals surface area contributed by atoms with E-state index in [0.717, 1.165) is 16.8 Å². The number of aromatic nitrogens is 1. The van der Waals surface area contributed by atoms with E-state index in [9.17, 15) is 0 Å². The summed E-state index contributed by atoms with van der Waals surface area (Å²) in [5.41, 5.74) is 17.3. The van der Waals surface area contributed by atoms with Crippen LogP contribution in [0.2, 0.25) is 0 Å². The number of fused-ring (bicyclic) bond motifs is 12. The number of hydrogen-bond acceptors (Lipinski definition) is 1. The highest BCUT2D eigenvalue weighted by Gasteiger charge is 2.51. The lowest BCUT2D eigenvalue weighted by molar-refractivity contribution is 0.794. The van der Waals surface area contributed by atoms with Crippen molar-refractivity contribution in [3.05, 3.63) is 210 Å². The second kappa shape index (κ2) is 10.7. The third-order valence-corrected chi connectivity index (χ3v) is 11.3. The first-order chi connectivity index (χ1) is 25.3. The zero-order chi connectivity index (χ0) is 33.5. The van der Waals surface area contributed by atoms with Crippen LogP contribution in [0.5, 0.6) is 0 Å². The van der Waals surface area contributed by atoms with E-state index < -0.39 is 0 Å². The maximum atomic E-state index is 5.16. The zero-order valence-electron chi connectivity index (χ0n) is 27.8. The summed E-state index contributed by atoms with van der Waals surface area (Å²) in [6.45, 7) is 0. The predicted molar refractivity (Wildman–Crippen MR) is 212 cm³/mol. The zero-order valence-corrected chi connectivity index (χ0v) is 27.8. The second-order valence-electron chi connectivity index (χ2n) is 13.8. The normalized spacial score (nSPS) is 13.3. The van der Waals surface area contributed by atoms with Crippen molar-refractivity contribution in [1.29, 1.82) is 0 Å². The molecule has 0 saturated carbocycles. The van der Waals surface area contributed by atoms with Crippen LogP contribution in [0.1, 0.15) is 22.3 Å². The maximum absolute atomic E-state index is 5.16. The molecule has 0 saturated heterocycles. The van der Waals surface area contributed by atoms with Gasteiger partial charge in [-0.05, 0) is 94.9 Å². The van der Waals surface area contributed by atoms with E-state index in [1.54, 1.807) is 0 Å². The molecule has 0 N–H and O–H groups in total. The molecule has 0 unspecified atom stereocenters. The van der Waals surface area contributed by atoms with Crippen LogP contribution < -0.4 is 0 Å². The Kier molecular flexibility index (Phi) is 5.94. The highest BCUT2D eigenvalue weighted by Crippen LogP contribution is 2.62. The molecule has 11 rings (SSSR count). The number of nitrogens with zero attached hydrogens (tertiary/aromatic N) is 1.